The molecule has 1 aliphatic rings. The van der Waals surface area contributed by atoms with Gasteiger partial charge in [-0.1, -0.05) is 47.0 Å². The number of rotatable bonds is 7. The molecule has 3 unspecified atom stereocenters. The van der Waals surface area contributed by atoms with Crippen molar-refractivity contribution >= 4 is 0 Å². The Balaban J connectivity index is 2.57. The second kappa shape index (κ2) is 7.64. The lowest BCUT2D eigenvalue weighted by atomic mass is 9.71. The predicted molar refractivity (Wildman–Crippen MR) is 81.2 cm³/mol. The maximum absolute atomic E-state index is 9.95. The van der Waals surface area contributed by atoms with E-state index >= 15 is 0 Å². The van der Waals surface area contributed by atoms with Gasteiger partial charge in [0.2, 0.25) is 0 Å². The highest BCUT2D eigenvalue weighted by Crippen LogP contribution is 2.37. The van der Waals surface area contributed by atoms with E-state index in [4.69, 9.17) is 4.74 Å². The van der Waals surface area contributed by atoms with Crippen molar-refractivity contribution in [3.05, 3.63) is 0 Å². The Morgan fingerprint density at radius 2 is 1.68 bits per heavy atom. The van der Waals surface area contributed by atoms with Crippen LogP contribution in [-0.4, -0.2) is 23.9 Å². The van der Waals surface area contributed by atoms with E-state index < -0.39 is 0 Å². The highest BCUT2D eigenvalue weighted by Gasteiger charge is 2.35. The molecule has 2 nitrogen and oxygen atoms in total. The molecule has 1 N–H and O–H groups in total. The number of ether oxygens (including phenoxy) is 1. The van der Waals surface area contributed by atoms with E-state index in [1.54, 1.807) is 0 Å². The minimum Gasteiger partial charge on any atom is -0.393 e. The van der Waals surface area contributed by atoms with Crippen LogP contribution in [0.3, 0.4) is 0 Å². The molecule has 114 valence electrons. The fourth-order valence-electron chi connectivity index (χ4n) is 3.43. The van der Waals surface area contributed by atoms with Gasteiger partial charge in [0.25, 0.3) is 0 Å². The molecule has 0 radical (unpaired) electrons. The van der Waals surface area contributed by atoms with Crippen molar-refractivity contribution in [3.63, 3.8) is 0 Å². The maximum Gasteiger partial charge on any atom is 0.0575 e. The van der Waals surface area contributed by atoms with Crippen molar-refractivity contribution in [3.8, 4) is 0 Å². The molecule has 3 atom stereocenters. The zero-order valence-corrected chi connectivity index (χ0v) is 13.6. The van der Waals surface area contributed by atoms with Gasteiger partial charge in [0.15, 0.2) is 0 Å². The first-order chi connectivity index (χ1) is 8.85. The maximum atomic E-state index is 9.95. The van der Waals surface area contributed by atoms with Crippen LogP contribution in [-0.2, 0) is 4.74 Å². The van der Waals surface area contributed by atoms with Crippen molar-refractivity contribution in [2.45, 2.75) is 85.4 Å². The Labute approximate surface area is 119 Å². The molecule has 0 amide bonds. The summed E-state index contributed by atoms with van der Waals surface area (Å²) < 4.78 is 6.21. The summed E-state index contributed by atoms with van der Waals surface area (Å²) in [6.45, 7) is 11.7. The van der Waals surface area contributed by atoms with Gasteiger partial charge in [0, 0.05) is 0 Å². The molecule has 1 saturated carbocycles. The Morgan fingerprint density at radius 1 is 1.11 bits per heavy atom. The van der Waals surface area contributed by atoms with E-state index in [0.29, 0.717) is 12.0 Å². The summed E-state index contributed by atoms with van der Waals surface area (Å²) in [6.07, 6.45) is 7.76. The average Bonchev–Trinajstić information content (AvgIpc) is 2.36. The fourth-order valence-corrected chi connectivity index (χ4v) is 3.43. The van der Waals surface area contributed by atoms with E-state index in [1.807, 2.05) is 6.92 Å². The summed E-state index contributed by atoms with van der Waals surface area (Å²) in [5, 5.41) is 9.95. The quantitative estimate of drug-likeness (QED) is 0.742. The fraction of sp³-hybridized carbons (Fsp3) is 1.00. The summed E-state index contributed by atoms with van der Waals surface area (Å²) in [6, 6.07) is 0. The molecule has 1 rings (SSSR count). The first kappa shape index (κ1) is 17.0. The molecule has 0 aromatic heterocycles. The van der Waals surface area contributed by atoms with Gasteiger partial charge < -0.3 is 9.84 Å². The Kier molecular flexibility index (Phi) is 6.82. The first-order valence-corrected chi connectivity index (χ1v) is 8.15. The minimum atomic E-state index is -0.265. The van der Waals surface area contributed by atoms with E-state index in [2.05, 4.69) is 27.7 Å². The molecule has 2 heteroatoms. The number of aliphatic hydroxyl groups excluding tert-OH is 1. The van der Waals surface area contributed by atoms with Crippen molar-refractivity contribution in [1.82, 2.24) is 0 Å². The normalized spacial score (nSPS) is 24.2. The van der Waals surface area contributed by atoms with Crippen molar-refractivity contribution < 1.29 is 9.84 Å². The van der Waals surface area contributed by atoms with Gasteiger partial charge in [-0.3, -0.25) is 0 Å². The molecule has 0 aliphatic heterocycles. The van der Waals surface area contributed by atoms with E-state index in [1.165, 1.54) is 32.1 Å². The summed E-state index contributed by atoms with van der Waals surface area (Å²) in [4.78, 5) is 0. The zero-order valence-electron chi connectivity index (χ0n) is 13.6. The van der Waals surface area contributed by atoms with Gasteiger partial charge in [-0.05, 0) is 43.4 Å². The lowest BCUT2D eigenvalue weighted by molar-refractivity contribution is -0.0679. The Bertz CT molecular complexity index is 244. The largest absolute Gasteiger partial charge is 0.393 e. The van der Waals surface area contributed by atoms with E-state index in [9.17, 15) is 5.11 Å². The lowest BCUT2D eigenvalue weighted by Gasteiger charge is -2.40. The van der Waals surface area contributed by atoms with Crippen LogP contribution in [0.1, 0.15) is 73.1 Å². The predicted octanol–water partition coefficient (Wildman–Crippen LogP) is 4.41. The molecule has 1 fully saturated rings. The van der Waals surface area contributed by atoms with Crippen LogP contribution in [0.4, 0.5) is 0 Å². The van der Waals surface area contributed by atoms with Crippen LogP contribution in [0.2, 0.25) is 0 Å². The summed E-state index contributed by atoms with van der Waals surface area (Å²) >= 11 is 0. The Hall–Kier alpha value is -0.0800. The van der Waals surface area contributed by atoms with E-state index in [0.717, 1.165) is 13.0 Å². The lowest BCUT2D eigenvalue weighted by Crippen LogP contribution is -2.39. The highest BCUT2D eigenvalue weighted by molar-refractivity contribution is 4.84. The van der Waals surface area contributed by atoms with Gasteiger partial charge in [-0.15, -0.1) is 0 Å². The molecule has 0 heterocycles. The van der Waals surface area contributed by atoms with Crippen molar-refractivity contribution in [1.29, 1.82) is 0 Å². The summed E-state index contributed by atoms with van der Waals surface area (Å²) in [7, 11) is 0. The second-order valence-electron chi connectivity index (χ2n) is 7.35. The second-order valence-corrected chi connectivity index (χ2v) is 7.35. The van der Waals surface area contributed by atoms with Gasteiger partial charge in [0.1, 0.15) is 0 Å². The number of hydrogen-bond acceptors (Lipinski definition) is 2. The van der Waals surface area contributed by atoms with Crippen LogP contribution >= 0.6 is 0 Å². The number of hydrogen-bond donors (Lipinski definition) is 1. The smallest absolute Gasteiger partial charge is 0.0575 e. The molecule has 0 bridgehead atoms. The van der Waals surface area contributed by atoms with Crippen LogP contribution in [0, 0.1) is 17.3 Å². The van der Waals surface area contributed by atoms with Crippen LogP contribution < -0.4 is 0 Å². The molecule has 0 aromatic carbocycles. The molecule has 1 aliphatic carbocycles. The summed E-state index contributed by atoms with van der Waals surface area (Å²) in [5.74, 6) is 0.916. The minimum absolute atomic E-state index is 0.0831. The third-order valence-corrected chi connectivity index (χ3v) is 4.90. The third-order valence-electron chi connectivity index (χ3n) is 4.90. The van der Waals surface area contributed by atoms with Gasteiger partial charge >= 0.3 is 0 Å². The van der Waals surface area contributed by atoms with Gasteiger partial charge in [-0.25, -0.2) is 0 Å². The third kappa shape index (κ3) is 5.43. The highest BCUT2D eigenvalue weighted by atomic mass is 16.5. The molecular formula is C17H34O2. The molecule has 0 spiro atoms. The molecular weight excluding hydrogens is 236 g/mol. The Morgan fingerprint density at radius 3 is 2.16 bits per heavy atom. The molecule has 0 aromatic rings. The van der Waals surface area contributed by atoms with Crippen LogP contribution in [0.15, 0.2) is 0 Å². The van der Waals surface area contributed by atoms with Gasteiger partial charge in [0.05, 0.1) is 18.8 Å². The number of aliphatic hydroxyl groups is 1. The molecule has 0 saturated heterocycles. The van der Waals surface area contributed by atoms with Crippen LogP contribution in [0.25, 0.3) is 0 Å². The standard InChI is InChI=1S/C17H34O2/c1-13(2)11-17(5,14(3)15(4)18)12-19-16-9-7-6-8-10-16/h13-16,18H,6-12H2,1-5H3. The average molecular weight is 270 g/mol. The van der Waals surface area contributed by atoms with Crippen molar-refractivity contribution in [2.24, 2.45) is 17.3 Å². The SMILES string of the molecule is CC(C)CC(C)(COC1CCCCC1)C(C)C(C)O. The van der Waals surface area contributed by atoms with E-state index in [-0.39, 0.29) is 17.4 Å². The summed E-state index contributed by atoms with van der Waals surface area (Å²) in [5.41, 5.74) is 0.0831. The topological polar surface area (TPSA) is 29.5 Å². The first-order valence-electron chi connectivity index (χ1n) is 8.15. The van der Waals surface area contributed by atoms with Crippen molar-refractivity contribution in [2.75, 3.05) is 6.61 Å². The zero-order chi connectivity index (χ0) is 14.5. The van der Waals surface area contributed by atoms with Crippen LogP contribution in [0.5, 0.6) is 0 Å². The molecule has 19 heavy (non-hydrogen) atoms. The monoisotopic (exact) mass is 270 g/mol. The van der Waals surface area contributed by atoms with Gasteiger partial charge in [-0.2, -0.15) is 0 Å².